The summed E-state index contributed by atoms with van der Waals surface area (Å²) in [6.07, 6.45) is 0. The molecule has 4 nitrogen and oxygen atoms in total. The van der Waals surface area contributed by atoms with Crippen molar-refractivity contribution in [2.45, 2.75) is 6.61 Å². The summed E-state index contributed by atoms with van der Waals surface area (Å²) in [6.45, 7) is 0.186. The molecule has 2 aromatic rings. The molecule has 0 saturated heterocycles. The summed E-state index contributed by atoms with van der Waals surface area (Å²) in [5.74, 6) is 5.38. The predicted octanol–water partition coefficient (Wildman–Crippen LogP) is 1.77. The van der Waals surface area contributed by atoms with Gasteiger partial charge in [-0.15, -0.1) is 11.3 Å². The molecule has 0 unspecified atom stereocenters. The first-order valence-corrected chi connectivity index (χ1v) is 6.72. The Morgan fingerprint density at radius 3 is 2.85 bits per heavy atom. The van der Waals surface area contributed by atoms with E-state index >= 15 is 0 Å². The Kier molecular flexibility index (Phi) is 4.77. The van der Waals surface area contributed by atoms with Gasteiger partial charge in [-0.2, -0.15) is 0 Å². The molecule has 1 aromatic heterocycles. The molecule has 102 valence electrons. The van der Waals surface area contributed by atoms with Crippen LogP contribution in [0.4, 0.5) is 0 Å². The molecule has 20 heavy (non-hydrogen) atoms. The van der Waals surface area contributed by atoms with E-state index in [1.165, 1.54) is 11.3 Å². The van der Waals surface area contributed by atoms with E-state index < -0.39 is 5.91 Å². The Morgan fingerprint density at radius 1 is 1.30 bits per heavy atom. The van der Waals surface area contributed by atoms with E-state index in [-0.39, 0.29) is 6.61 Å². The van der Waals surface area contributed by atoms with Crippen molar-refractivity contribution in [2.75, 3.05) is 6.61 Å². The van der Waals surface area contributed by atoms with E-state index in [1.54, 1.807) is 24.3 Å². The third kappa shape index (κ3) is 3.60. The number of primary amides is 1. The lowest BCUT2D eigenvalue weighted by atomic mass is 10.2. The third-order valence-electron chi connectivity index (χ3n) is 2.47. The average molecular weight is 287 g/mol. The maximum absolute atomic E-state index is 11.3. The molecule has 1 amide bonds. The second-order valence-corrected chi connectivity index (χ2v) is 5.04. The number of carbonyl (C=O) groups excluding carboxylic acids is 1. The molecule has 0 aliphatic rings. The predicted molar refractivity (Wildman–Crippen MR) is 77.6 cm³/mol. The SMILES string of the molecule is NC(=O)c1ccccc1OCc1ccc(C#CCO)s1. The number of aliphatic hydroxyl groups is 1. The van der Waals surface area contributed by atoms with Gasteiger partial charge in [0.1, 0.15) is 19.0 Å². The van der Waals surface area contributed by atoms with Gasteiger partial charge in [-0.05, 0) is 24.3 Å². The third-order valence-corrected chi connectivity index (χ3v) is 3.45. The van der Waals surface area contributed by atoms with E-state index in [4.69, 9.17) is 15.6 Å². The lowest BCUT2D eigenvalue weighted by Crippen LogP contribution is -2.12. The molecule has 0 aliphatic carbocycles. The molecular formula is C15H13NO3S. The summed E-state index contributed by atoms with van der Waals surface area (Å²) in [5.41, 5.74) is 5.65. The van der Waals surface area contributed by atoms with Gasteiger partial charge in [-0.25, -0.2) is 0 Å². The second-order valence-electron chi connectivity index (χ2n) is 3.87. The van der Waals surface area contributed by atoms with Crippen LogP contribution in [0.1, 0.15) is 20.1 Å². The second kappa shape index (κ2) is 6.75. The standard InChI is InChI=1S/C15H13NO3S/c16-15(18)13-5-1-2-6-14(13)19-10-12-8-7-11(20-12)4-3-9-17/h1-2,5-8,17H,9-10H2,(H2,16,18). The van der Waals surface area contributed by atoms with Gasteiger partial charge in [0.15, 0.2) is 0 Å². The minimum atomic E-state index is -0.513. The summed E-state index contributed by atoms with van der Waals surface area (Å²) in [7, 11) is 0. The number of ether oxygens (including phenoxy) is 1. The van der Waals surface area contributed by atoms with Crippen LogP contribution in [-0.4, -0.2) is 17.6 Å². The van der Waals surface area contributed by atoms with Gasteiger partial charge < -0.3 is 15.6 Å². The first kappa shape index (κ1) is 14.1. The summed E-state index contributed by atoms with van der Waals surface area (Å²) >= 11 is 1.48. The van der Waals surface area contributed by atoms with E-state index in [1.807, 2.05) is 12.1 Å². The fourth-order valence-electron chi connectivity index (χ4n) is 1.59. The van der Waals surface area contributed by atoms with Crippen molar-refractivity contribution >= 4 is 17.2 Å². The van der Waals surface area contributed by atoms with E-state index in [0.717, 1.165) is 9.75 Å². The summed E-state index contributed by atoms with van der Waals surface area (Å²) < 4.78 is 5.61. The van der Waals surface area contributed by atoms with Crippen molar-refractivity contribution < 1.29 is 14.6 Å². The lowest BCUT2D eigenvalue weighted by molar-refractivity contribution is 0.0996. The maximum atomic E-state index is 11.3. The number of hydrogen-bond acceptors (Lipinski definition) is 4. The molecular weight excluding hydrogens is 274 g/mol. The van der Waals surface area contributed by atoms with Crippen molar-refractivity contribution in [3.8, 4) is 17.6 Å². The minimum Gasteiger partial charge on any atom is -0.487 e. The van der Waals surface area contributed by atoms with Gasteiger partial charge in [0.25, 0.3) is 5.91 Å². The van der Waals surface area contributed by atoms with Gasteiger partial charge in [0.05, 0.1) is 10.4 Å². The number of para-hydroxylation sites is 1. The van der Waals surface area contributed by atoms with Crippen molar-refractivity contribution in [3.63, 3.8) is 0 Å². The minimum absolute atomic E-state index is 0.157. The first-order valence-electron chi connectivity index (χ1n) is 5.91. The molecule has 0 bridgehead atoms. The first-order chi connectivity index (χ1) is 9.70. The molecule has 5 heteroatoms. The van der Waals surface area contributed by atoms with Crippen LogP contribution in [-0.2, 0) is 6.61 Å². The van der Waals surface area contributed by atoms with Crippen LogP contribution in [0, 0.1) is 11.8 Å². The van der Waals surface area contributed by atoms with Crippen LogP contribution >= 0.6 is 11.3 Å². The van der Waals surface area contributed by atoms with Crippen LogP contribution < -0.4 is 10.5 Å². The molecule has 0 fully saturated rings. The maximum Gasteiger partial charge on any atom is 0.252 e. The number of benzene rings is 1. The number of nitrogens with two attached hydrogens (primary N) is 1. The fraction of sp³-hybridized carbons (Fsp3) is 0.133. The topological polar surface area (TPSA) is 72.6 Å². The number of carbonyl (C=O) groups is 1. The van der Waals surface area contributed by atoms with E-state index in [2.05, 4.69) is 11.8 Å². The van der Waals surface area contributed by atoms with Crippen molar-refractivity contribution in [2.24, 2.45) is 5.73 Å². The smallest absolute Gasteiger partial charge is 0.252 e. The highest BCUT2D eigenvalue weighted by Gasteiger charge is 2.08. The molecule has 1 heterocycles. The van der Waals surface area contributed by atoms with Crippen molar-refractivity contribution in [3.05, 3.63) is 51.7 Å². The Hall–Kier alpha value is -2.29. The van der Waals surface area contributed by atoms with Gasteiger partial charge >= 0.3 is 0 Å². The number of aliphatic hydroxyl groups excluding tert-OH is 1. The summed E-state index contributed by atoms with van der Waals surface area (Å²) in [6, 6.07) is 10.6. The number of amides is 1. The molecule has 2 rings (SSSR count). The lowest BCUT2D eigenvalue weighted by Gasteiger charge is -2.07. The average Bonchev–Trinajstić information content (AvgIpc) is 2.91. The molecule has 0 radical (unpaired) electrons. The zero-order valence-electron chi connectivity index (χ0n) is 10.6. The van der Waals surface area contributed by atoms with Gasteiger partial charge in [0, 0.05) is 4.88 Å². The van der Waals surface area contributed by atoms with Gasteiger partial charge in [0.2, 0.25) is 0 Å². The zero-order chi connectivity index (χ0) is 14.4. The molecule has 0 aliphatic heterocycles. The molecule has 1 aromatic carbocycles. The van der Waals surface area contributed by atoms with Crippen LogP contribution in [0.2, 0.25) is 0 Å². The van der Waals surface area contributed by atoms with Gasteiger partial charge in [-0.3, -0.25) is 4.79 Å². The Balaban J connectivity index is 2.05. The van der Waals surface area contributed by atoms with Crippen LogP contribution in [0.15, 0.2) is 36.4 Å². The van der Waals surface area contributed by atoms with Crippen LogP contribution in [0.25, 0.3) is 0 Å². The van der Waals surface area contributed by atoms with E-state index in [0.29, 0.717) is 17.9 Å². The molecule has 3 N–H and O–H groups in total. The monoisotopic (exact) mass is 287 g/mol. The quantitative estimate of drug-likeness (QED) is 0.842. The van der Waals surface area contributed by atoms with Crippen molar-refractivity contribution in [1.82, 2.24) is 0 Å². The number of thiophene rings is 1. The summed E-state index contributed by atoms with van der Waals surface area (Å²) in [5, 5.41) is 8.63. The largest absolute Gasteiger partial charge is 0.487 e. The zero-order valence-corrected chi connectivity index (χ0v) is 11.4. The molecule has 0 atom stereocenters. The summed E-state index contributed by atoms with van der Waals surface area (Å²) in [4.78, 5) is 13.1. The number of hydrogen-bond donors (Lipinski definition) is 2. The number of rotatable bonds is 4. The van der Waals surface area contributed by atoms with Crippen LogP contribution in [0.5, 0.6) is 5.75 Å². The fourth-order valence-corrected chi connectivity index (χ4v) is 2.39. The van der Waals surface area contributed by atoms with Gasteiger partial charge in [-0.1, -0.05) is 24.0 Å². The molecule has 0 saturated carbocycles. The highest BCUT2D eigenvalue weighted by molar-refractivity contribution is 7.12. The van der Waals surface area contributed by atoms with Crippen LogP contribution in [0.3, 0.4) is 0 Å². The Labute approximate surface area is 120 Å². The normalized spacial score (nSPS) is 9.65. The van der Waals surface area contributed by atoms with E-state index in [9.17, 15) is 4.79 Å². The Morgan fingerprint density at radius 2 is 2.10 bits per heavy atom. The van der Waals surface area contributed by atoms with Crippen molar-refractivity contribution in [1.29, 1.82) is 0 Å². The highest BCUT2D eigenvalue weighted by atomic mass is 32.1. The molecule has 0 spiro atoms. The highest BCUT2D eigenvalue weighted by Crippen LogP contribution is 2.21. The Bertz CT molecular complexity index is 667.